The van der Waals surface area contributed by atoms with Crippen molar-refractivity contribution in [1.82, 2.24) is 15.5 Å². The molecule has 2 aliphatic heterocycles. The first-order valence-corrected chi connectivity index (χ1v) is 12.5. The smallest absolute Gasteiger partial charge is 0.406 e. The molecule has 1 aromatic rings. The molecule has 1 saturated carbocycles. The Labute approximate surface area is 196 Å². The van der Waals surface area contributed by atoms with E-state index < -0.39 is 11.5 Å². The number of alkyl carbamates (subject to hydrolysis) is 1. The average Bonchev–Trinajstić information content (AvgIpc) is 2.83. The van der Waals surface area contributed by atoms with E-state index in [9.17, 15) is 14.0 Å². The summed E-state index contributed by atoms with van der Waals surface area (Å²) in [7, 11) is 1.52. The number of carbonyl (C=O) groups excluding carboxylic acids is 2. The lowest BCUT2D eigenvalue weighted by Crippen LogP contribution is -2.58. The Hall–Kier alpha value is -2.15. The van der Waals surface area contributed by atoms with Gasteiger partial charge in [-0.25, -0.2) is 9.18 Å². The third-order valence-electron chi connectivity index (χ3n) is 8.29. The fourth-order valence-electron chi connectivity index (χ4n) is 6.42. The Kier molecular flexibility index (Phi) is 7.27. The van der Waals surface area contributed by atoms with Gasteiger partial charge in [0.1, 0.15) is 12.4 Å². The molecule has 1 spiro atoms. The number of nitrogens with zero attached hydrogens (tertiary/aromatic N) is 1. The van der Waals surface area contributed by atoms with Crippen LogP contribution in [-0.2, 0) is 14.9 Å². The summed E-state index contributed by atoms with van der Waals surface area (Å²) in [5.41, 5.74) is 1.34. The zero-order chi connectivity index (χ0) is 23.6. The van der Waals surface area contributed by atoms with Gasteiger partial charge in [0.25, 0.3) is 0 Å². The summed E-state index contributed by atoms with van der Waals surface area (Å²) in [6.45, 7) is 6.53. The van der Waals surface area contributed by atoms with E-state index in [1.807, 2.05) is 11.0 Å². The van der Waals surface area contributed by atoms with E-state index in [0.717, 1.165) is 49.9 Å². The number of ether oxygens (including phenoxy) is 1. The third-order valence-corrected chi connectivity index (χ3v) is 8.29. The van der Waals surface area contributed by atoms with Gasteiger partial charge in [-0.15, -0.1) is 0 Å². The van der Waals surface area contributed by atoms with E-state index in [1.54, 1.807) is 6.07 Å². The Balaban J connectivity index is 1.71. The van der Waals surface area contributed by atoms with Crippen molar-refractivity contribution in [3.63, 3.8) is 0 Å². The predicted octanol–water partition coefficient (Wildman–Crippen LogP) is 4.15. The first kappa shape index (κ1) is 24.0. The predicted molar refractivity (Wildman–Crippen MR) is 125 cm³/mol. The number of amides is 2. The molecular weight excluding hydrogens is 421 g/mol. The van der Waals surface area contributed by atoms with Crippen LogP contribution >= 0.6 is 0 Å². The number of nitrogens with one attached hydrogen (secondary N) is 2. The standard InChI is InChI=1S/C26H38FN3O3/c1-17(2)18-4-6-19(7-5-18)23-21-16-20(27)8-9-22(21)26(10-12-29-13-11-26)24(31)30(23)14-15-33-25(32)28-3/h8-9,16-19,23,29H,4-7,10-15H2,1-3H3,(H,28,32). The van der Waals surface area contributed by atoms with Crippen molar-refractivity contribution in [3.8, 4) is 0 Å². The summed E-state index contributed by atoms with van der Waals surface area (Å²) in [5.74, 6) is 1.49. The van der Waals surface area contributed by atoms with Crippen LogP contribution in [0.4, 0.5) is 9.18 Å². The first-order chi connectivity index (χ1) is 15.9. The number of carbonyl (C=O) groups is 2. The van der Waals surface area contributed by atoms with E-state index in [4.69, 9.17) is 4.74 Å². The second-order valence-electron chi connectivity index (χ2n) is 10.3. The molecule has 1 saturated heterocycles. The minimum absolute atomic E-state index is 0.111. The van der Waals surface area contributed by atoms with Crippen molar-refractivity contribution in [2.45, 2.75) is 63.8 Å². The number of benzene rings is 1. The van der Waals surface area contributed by atoms with Crippen LogP contribution in [0, 0.1) is 23.6 Å². The van der Waals surface area contributed by atoms with Crippen LogP contribution in [0.5, 0.6) is 0 Å². The van der Waals surface area contributed by atoms with Crippen LogP contribution in [0.3, 0.4) is 0 Å². The van der Waals surface area contributed by atoms with Gasteiger partial charge in [-0.05, 0) is 92.6 Å². The molecule has 1 aromatic carbocycles. The molecule has 6 nitrogen and oxygen atoms in total. The summed E-state index contributed by atoms with van der Waals surface area (Å²) in [4.78, 5) is 27.8. The zero-order valence-corrected chi connectivity index (χ0v) is 20.2. The summed E-state index contributed by atoms with van der Waals surface area (Å²) < 4.78 is 19.9. The summed E-state index contributed by atoms with van der Waals surface area (Å²) in [6, 6.07) is 4.86. The molecule has 2 amide bonds. The van der Waals surface area contributed by atoms with E-state index in [2.05, 4.69) is 24.5 Å². The molecule has 0 aromatic heterocycles. The minimum Gasteiger partial charge on any atom is -0.448 e. The number of hydrogen-bond donors (Lipinski definition) is 2. The van der Waals surface area contributed by atoms with Gasteiger partial charge in [-0.3, -0.25) is 4.79 Å². The monoisotopic (exact) mass is 459 g/mol. The van der Waals surface area contributed by atoms with E-state index in [-0.39, 0.29) is 30.3 Å². The Morgan fingerprint density at radius 2 is 1.94 bits per heavy atom. The Morgan fingerprint density at radius 3 is 2.58 bits per heavy atom. The van der Waals surface area contributed by atoms with Gasteiger partial charge in [0.2, 0.25) is 5.91 Å². The quantitative estimate of drug-likeness (QED) is 0.694. The van der Waals surface area contributed by atoms with Gasteiger partial charge in [0.05, 0.1) is 18.0 Å². The van der Waals surface area contributed by atoms with Crippen molar-refractivity contribution in [1.29, 1.82) is 0 Å². The highest BCUT2D eigenvalue weighted by Gasteiger charge is 2.52. The van der Waals surface area contributed by atoms with Gasteiger partial charge >= 0.3 is 6.09 Å². The molecule has 4 rings (SSSR count). The lowest BCUT2D eigenvalue weighted by atomic mass is 9.63. The molecule has 7 heteroatoms. The highest BCUT2D eigenvalue weighted by atomic mass is 19.1. The molecule has 3 aliphatic rings. The van der Waals surface area contributed by atoms with E-state index in [1.165, 1.54) is 13.1 Å². The van der Waals surface area contributed by atoms with Gasteiger partial charge in [-0.1, -0.05) is 19.9 Å². The van der Waals surface area contributed by atoms with Crippen LogP contribution in [0.2, 0.25) is 0 Å². The number of fused-ring (bicyclic) bond motifs is 2. The van der Waals surface area contributed by atoms with E-state index in [0.29, 0.717) is 31.2 Å². The zero-order valence-electron chi connectivity index (χ0n) is 20.2. The Bertz CT molecular complexity index is 860. The summed E-state index contributed by atoms with van der Waals surface area (Å²) >= 11 is 0. The molecule has 2 heterocycles. The number of piperidine rings is 1. The number of rotatable bonds is 5. The fraction of sp³-hybridized carbons (Fsp3) is 0.692. The van der Waals surface area contributed by atoms with Crippen molar-refractivity contribution in [2.24, 2.45) is 17.8 Å². The Morgan fingerprint density at radius 1 is 1.24 bits per heavy atom. The first-order valence-electron chi connectivity index (χ1n) is 12.5. The molecule has 2 fully saturated rings. The van der Waals surface area contributed by atoms with Crippen LogP contribution in [0.1, 0.15) is 69.5 Å². The van der Waals surface area contributed by atoms with Crippen molar-refractivity contribution in [3.05, 3.63) is 35.1 Å². The lowest BCUT2D eigenvalue weighted by Gasteiger charge is -2.52. The van der Waals surface area contributed by atoms with Crippen LogP contribution in [0.25, 0.3) is 0 Å². The summed E-state index contributed by atoms with van der Waals surface area (Å²) in [6.07, 6.45) is 5.21. The lowest BCUT2D eigenvalue weighted by molar-refractivity contribution is -0.146. The molecule has 1 aliphatic carbocycles. The van der Waals surface area contributed by atoms with Crippen molar-refractivity contribution in [2.75, 3.05) is 33.3 Å². The van der Waals surface area contributed by atoms with Gasteiger partial charge < -0.3 is 20.3 Å². The van der Waals surface area contributed by atoms with Crippen molar-refractivity contribution < 1.29 is 18.7 Å². The van der Waals surface area contributed by atoms with Crippen LogP contribution in [0.15, 0.2) is 18.2 Å². The fourth-order valence-corrected chi connectivity index (χ4v) is 6.42. The maximum Gasteiger partial charge on any atom is 0.406 e. The normalized spacial score (nSPS) is 26.9. The topological polar surface area (TPSA) is 70.7 Å². The van der Waals surface area contributed by atoms with Crippen LogP contribution in [-0.4, -0.2) is 50.2 Å². The average molecular weight is 460 g/mol. The van der Waals surface area contributed by atoms with Gasteiger partial charge in [0.15, 0.2) is 0 Å². The summed E-state index contributed by atoms with van der Waals surface area (Å²) in [5, 5.41) is 5.83. The molecular formula is C26H38FN3O3. The highest BCUT2D eigenvalue weighted by Crippen LogP contribution is 2.51. The molecule has 33 heavy (non-hydrogen) atoms. The maximum atomic E-state index is 14.6. The third kappa shape index (κ3) is 4.61. The largest absolute Gasteiger partial charge is 0.448 e. The van der Waals surface area contributed by atoms with Crippen LogP contribution < -0.4 is 10.6 Å². The van der Waals surface area contributed by atoms with Gasteiger partial charge in [0, 0.05) is 7.05 Å². The maximum absolute atomic E-state index is 14.6. The second kappa shape index (κ2) is 10.00. The minimum atomic E-state index is -0.632. The molecule has 2 N–H and O–H groups in total. The number of hydrogen-bond acceptors (Lipinski definition) is 4. The molecule has 0 bridgehead atoms. The van der Waals surface area contributed by atoms with E-state index >= 15 is 0 Å². The second-order valence-corrected chi connectivity index (χ2v) is 10.3. The molecule has 182 valence electrons. The molecule has 1 atom stereocenters. The van der Waals surface area contributed by atoms with Gasteiger partial charge in [-0.2, -0.15) is 0 Å². The SMILES string of the molecule is CNC(=O)OCCN1C(=O)C2(CCNCC2)c2ccc(F)cc2C1C1CCC(C(C)C)CC1. The number of halogens is 1. The molecule has 1 unspecified atom stereocenters. The molecule has 0 radical (unpaired) electrons. The highest BCUT2D eigenvalue weighted by molar-refractivity contribution is 5.91. The van der Waals surface area contributed by atoms with Crippen molar-refractivity contribution >= 4 is 12.0 Å².